The molecule has 1 heterocycles. The maximum Gasteiger partial charge on any atom is 0.261 e. The fraction of sp³-hybridized carbons (Fsp3) is 0.235. The first kappa shape index (κ1) is 15.3. The molecule has 0 fully saturated rings. The lowest BCUT2D eigenvalue weighted by Crippen LogP contribution is -2.21. The average Bonchev–Trinajstić information content (AvgIpc) is 2.84. The Balaban J connectivity index is 2.04. The molecule has 0 saturated heterocycles. The number of amides is 1. The molecule has 0 aliphatic carbocycles. The Morgan fingerprint density at radius 1 is 1.33 bits per heavy atom. The van der Waals surface area contributed by atoms with E-state index in [-0.39, 0.29) is 5.91 Å². The first-order valence-corrected chi connectivity index (χ1v) is 7.55. The summed E-state index contributed by atoms with van der Waals surface area (Å²) in [5.74, 6) is 5.75. The first-order valence-electron chi connectivity index (χ1n) is 6.73. The van der Waals surface area contributed by atoms with E-state index in [1.807, 2.05) is 38.1 Å². The predicted molar refractivity (Wildman–Crippen MR) is 87.3 cm³/mol. The zero-order chi connectivity index (χ0) is 15.2. The molecular weight excluding hydrogens is 280 g/mol. The van der Waals surface area contributed by atoms with E-state index in [1.54, 1.807) is 0 Å². The average molecular weight is 298 g/mol. The van der Waals surface area contributed by atoms with Crippen molar-refractivity contribution in [2.45, 2.75) is 20.4 Å². The molecule has 1 aromatic heterocycles. The third-order valence-electron chi connectivity index (χ3n) is 2.98. The predicted octanol–water partition coefficient (Wildman–Crippen LogP) is 2.61. The number of thiophene rings is 1. The van der Waals surface area contributed by atoms with Gasteiger partial charge < -0.3 is 11.1 Å². The minimum Gasteiger partial charge on any atom is -0.347 e. The van der Waals surface area contributed by atoms with Crippen LogP contribution < -0.4 is 11.1 Å². The van der Waals surface area contributed by atoms with Gasteiger partial charge in [0.1, 0.15) is 0 Å². The van der Waals surface area contributed by atoms with Gasteiger partial charge in [0, 0.05) is 6.54 Å². The van der Waals surface area contributed by atoms with Crippen LogP contribution in [-0.2, 0) is 6.54 Å². The Bertz CT molecular complexity index is 707. The molecule has 2 rings (SSSR count). The normalized spacial score (nSPS) is 9.86. The molecule has 21 heavy (non-hydrogen) atoms. The SMILES string of the molecule is Cc1cccc(CNC(=O)c2cc(C)c(C#CCN)s2)c1. The van der Waals surface area contributed by atoms with Crippen LogP contribution in [0.2, 0.25) is 0 Å². The number of benzene rings is 1. The van der Waals surface area contributed by atoms with Gasteiger partial charge in [-0.2, -0.15) is 0 Å². The lowest BCUT2D eigenvalue weighted by Gasteiger charge is -2.04. The quantitative estimate of drug-likeness (QED) is 0.856. The number of nitrogens with two attached hydrogens (primary N) is 1. The number of hydrogen-bond acceptors (Lipinski definition) is 3. The molecule has 0 radical (unpaired) electrons. The minimum atomic E-state index is -0.0644. The largest absolute Gasteiger partial charge is 0.347 e. The van der Waals surface area contributed by atoms with Crippen molar-refractivity contribution in [3.05, 3.63) is 56.8 Å². The van der Waals surface area contributed by atoms with E-state index in [1.165, 1.54) is 16.9 Å². The van der Waals surface area contributed by atoms with E-state index < -0.39 is 0 Å². The Morgan fingerprint density at radius 3 is 2.86 bits per heavy atom. The van der Waals surface area contributed by atoms with Gasteiger partial charge >= 0.3 is 0 Å². The third-order valence-corrected chi connectivity index (χ3v) is 4.13. The molecule has 108 valence electrons. The number of nitrogens with one attached hydrogen (secondary N) is 1. The lowest BCUT2D eigenvalue weighted by atomic mass is 10.1. The van der Waals surface area contributed by atoms with Crippen LogP contribution in [0.4, 0.5) is 0 Å². The Labute approximate surface area is 129 Å². The highest BCUT2D eigenvalue weighted by Crippen LogP contribution is 2.21. The number of rotatable bonds is 3. The van der Waals surface area contributed by atoms with Crippen LogP contribution in [0.3, 0.4) is 0 Å². The highest BCUT2D eigenvalue weighted by molar-refractivity contribution is 7.14. The molecule has 0 saturated carbocycles. The molecule has 3 nitrogen and oxygen atoms in total. The van der Waals surface area contributed by atoms with Crippen molar-refractivity contribution in [2.24, 2.45) is 5.73 Å². The topological polar surface area (TPSA) is 55.1 Å². The summed E-state index contributed by atoms with van der Waals surface area (Å²) >= 11 is 1.40. The van der Waals surface area contributed by atoms with Crippen molar-refractivity contribution in [1.29, 1.82) is 0 Å². The van der Waals surface area contributed by atoms with Crippen LogP contribution in [0.15, 0.2) is 30.3 Å². The third kappa shape index (κ3) is 4.19. The van der Waals surface area contributed by atoms with Gasteiger partial charge in [0.25, 0.3) is 5.91 Å². The van der Waals surface area contributed by atoms with Gasteiger partial charge in [0.05, 0.1) is 16.3 Å². The number of carbonyl (C=O) groups is 1. The fourth-order valence-electron chi connectivity index (χ4n) is 1.94. The van der Waals surface area contributed by atoms with Gasteiger partial charge in [0.2, 0.25) is 0 Å². The zero-order valence-electron chi connectivity index (χ0n) is 12.2. The van der Waals surface area contributed by atoms with Crippen molar-refractivity contribution in [3.63, 3.8) is 0 Å². The van der Waals surface area contributed by atoms with Crippen LogP contribution in [0.25, 0.3) is 0 Å². The number of hydrogen-bond donors (Lipinski definition) is 2. The Morgan fingerprint density at radius 2 is 2.14 bits per heavy atom. The van der Waals surface area contributed by atoms with Gasteiger partial charge in [-0.25, -0.2) is 0 Å². The maximum atomic E-state index is 12.2. The molecule has 1 aromatic carbocycles. The summed E-state index contributed by atoms with van der Waals surface area (Å²) in [5, 5.41) is 2.94. The van der Waals surface area contributed by atoms with Crippen LogP contribution in [-0.4, -0.2) is 12.5 Å². The van der Waals surface area contributed by atoms with E-state index in [0.717, 1.165) is 16.0 Å². The van der Waals surface area contributed by atoms with Crippen LogP contribution in [0.1, 0.15) is 31.2 Å². The van der Waals surface area contributed by atoms with Crippen LogP contribution in [0.5, 0.6) is 0 Å². The minimum absolute atomic E-state index is 0.0644. The van der Waals surface area contributed by atoms with Crippen LogP contribution in [0, 0.1) is 25.7 Å². The monoisotopic (exact) mass is 298 g/mol. The maximum absolute atomic E-state index is 12.2. The first-order chi connectivity index (χ1) is 10.1. The van der Waals surface area contributed by atoms with Crippen molar-refractivity contribution >= 4 is 17.2 Å². The van der Waals surface area contributed by atoms with E-state index >= 15 is 0 Å². The van der Waals surface area contributed by atoms with Gasteiger partial charge in [-0.1, -0.05) is 41.7 Å². The van der Waals surface area contributed by atoms with E-state index in [0.29, 0.717) is 18.0 Å². The second kappa shape index (κ2) is 7.07. The summed E-state index contributed by atoms with van der Waals surface area (Å²) in [6.07, 6.45) is 0. The molecule has 3 N–H and O–H groups in total. The Hall–Kier alpha value is -2.09. The summed E-state index contributed by atoms with van der Waals surface area (Å²) in [6.45, 7) is 4.85. The summed E-state index contributed by atoms with van der Waals surface area (Å²) < 4.78 is 0. The van der Waals surface area contributed by atoms with Crippen molar-refractivity contribution in [2.75, 3.05) is 6.54 Å². The van der Waals surface area contributed by atoms with Crippen molar-refractivity contribution in [1.82, 2.24) is 5.32 Å². The summed E-state index contributed by atoms with van der Waals surface area (Å²) in [5.41, 5.74) is 8.67. The molecule has 4 heteroatoms. The highest BCUT2D eigenvalue weighted by Gasteiger charge is 2.11. The van der Waals surface area contributed by atoms with Crippen molar-refractivity contribution in [3.8, 4) is 11.8 Å². The fourth-order valence-corrected chi connectivity index (χ4v) is 2.90. The highest BCUT2D eigenvalue weighted by atomic mass is 32.1. The standard InChI is InChI=1S/C17H18N2OS/c1-12-5-3-6-14(9-12)11-19-17(20)16-10-13(2)15(21-16)7-4-8-18/h3,5-6,9-10H,8,11,18H2,1-2H3,(H,19,20). The number of aryl methyl sites for hydroxylation is 2. The van der Waals surface area contributed by atoms with Crippen molar-refractivity contribution < 1.29 is 4.79 Å². The van der Waals surface area contributed by atoms with Gasteiger partial charge in [0.15, 0.2) is 0 Å². The molecule has 1 amide bonds. The van der Waals surface area contributed by atoms with E-state index in [9.17, 15) is 4.79 Å². The molecule has 0 aliphatic heterocycles. The number of carbonyl (C=O) groups excluding carboxylic acids is 1. The molecule has 2 aromatic rings. The second-order valence-electron chi connectivity index (χ2n) is 4.80. The molecule has 0 bridgehead atoms. The van der Waals surface area contributed by atoms with E-state index in [4.69, 9.17) is 5.73 Å². The molecule has 0 unspecified atom stereocenters. The summed E-state index contributed by atoms with van der Waals surface area (Å²) in [7, 11) is 0. The summed E-state index contributed by atoms with van der Waals surface area (Å²) in [6, 6.07) is 9.98. The van der Waals surface area contributed by atoms with Gasteiger partial charge in [-0.15, -0.1) is 11.3 Å². The summed E-state index contributed by atoms with van der Waals surface area (Å²) in [4.78, 5) is 13.8. The zero-order valence-corrected chi connectivity index (χ0v) is 13.0. The second-order valence-corrected chi connectivity index (χ2v) is 5.85. The molecule has 0 spiro atoms. The molecule has 0 aliphatic rings. The molecular formula is C17H18N2OS. The van der Waals surface area contributed by atoms with Gasteiger partial charge in [-0.3, -0.25) is 4.79 Å². The molecule has 0 atom stereocenters. The van der Waals surface area contributed by atoms with E-state index in [2.05, 4.69) is 23.2 Å². The van der Waals surface area contributed by atoms with Crippen LogP contribution >= 0.6 is 11.3 Å². The lowest BCUT2D eigenvalue weighted by molar-refractivity contribution is 0.0955. The van der Waals surface area contributed by atoms with Gasteiger partial charge in [-0.05, 0) is 31.0 Å². The smallest absolute Gasteiger partial charge is 0.261 e. The Kier molecular flexibility index (Phi) is 5.15.